The van der Waals surface area contributed by atoms with E-state index in [1.54, 1.807) is 35.4 Å². The second-order valence-electron chi connectivity index (χ2n) is 10.6. The van der Waals surface area contributed by atoms with E-state index in [9.17, 15) is 18.8 Å². The van der Waals surface area contributed by atoms with Crippen LogP contribution < -0.4 is 15.4 Å². The molecule has 3 amide bonds. The maximum Gasteiger partial charge on any atom is 0.411 e. The van der Waals surface area contributed by atoms with Gasteiger partial charge >= 0.3 is 6.09 Å². The Morgan fingerprint density at radius 3 is 2.75 bits per heavy atom. The van der Waals surface area contributed by atoms with Crippen molar-refractivity contribution >= 4 is 46.5 Å². The number of hydrogen-bond donors (Lipinski definition) is 2. The zero-order valence-electron chi connectivity index (χ0n) is 24.2. The molecule has 0 radical (unpaired) electrons. The van der Waals surface area contributed by atoms with Gasteiger partial charge in [0.2, 0.25) is 18.7 Å². The molecule has 230 valence electrons. The molecule has 0 fully saturated rings. The van der Waals surface area contributed by atoms with Crippen molar-refractivity contribution in [2.24, 2.45) is 5.92 Å². The summed E-state index contributed by atoms with van der Waals surface area (Å²) in [5, 5.41) is 5.45. The zero-order chi connectivity index (χ0) is 31.4. The van der Waals surface area contributed by atoms with Crippen molar-refractivity contribution in [3.8, 4) is 16.9 Å². The van der Waals surface area contributed by atoms with E-state index in [4.69, 9.17) is 21.1 Å². The average Bonchev–Trinajstić information content (AvgIpc) is 3.01. The first kappa shape index (κ1) is 30.9. The van der Waals surface area contributed by atoms with Crippen LogP contribution in [-0.2, 0) is 14.3 Å². The number of nitrogens with zero attached hydrogens (tertiary/aromatic N) is 2. The van der Waals surface area contributed by atoms with Crippen molar-refractivity contribution in [2.75, 3.05) is 31.1 Å². The Hall–Kier alpha value is -4.51. The third-order valence-corrected chi connectivity index (χ3v) is 8.16. The van der Waals surface area contributed by atoms with Crippen molar-refractivity contribution in [2.45, 2.75) is 38.6 Å². The smallest absolute Gasteiger partial charge is 0.411 e. The Kier molecular flexibility index (Phi) is 9.43. The largest absolute Gasteiger partial charge is 0.462 e. The van der Waals surface area contributed by atoms with Gasteiger partial charge in [0.1, 0.15) is 5.75 Å². The lowest BCUT2D eigenvalue weighted by Crippen LogP contribution is -2.38. The van der Waals surface area contributed by atoms with Gasteiger partial charge in [0.25, 0.3) is 0 Å². The SMILES string of the molecule is COC(=O)Nc1ccc2c(c1)NC(=O)[C@H](C)CCC[C@H](N1CCC(c3c(OCF)ccc(Cl)c3F)=CC1=O)c1cc-2ccn1. The molecule has 5 rings (SSSR count). The normalized spacial score (nSPS) is 18.7. The Bertz CT molecular complexity index is 1630. The highest BCUT2D eigenvalue weighted by Gasteiger charge is 2.31. The number of anilines is 2. The van der Waals surface area contributed by atoms with Gasteiger partial charge in [-0.15, -0.1) is 0 Å². The number of nitrogens with one attached hydrogen (secondary N) is 2. The summed E-state index contributed by atoms with van der Waals surface area (Å²) in [4.78, 5) is 44.9. The lowest BCUT2D eigenvalue weighted by atomic mass is 9.92. The lowest BCUT2D eigenvalue weighted by Gasteiger charge is -2.35. The number of halogens is 3. The number of methoxy groups -OCH3 is 1. The van der Waals surface area contributed by atoms with Gasteiger partial charge in [-0.25, -0.2) is 13.6 Å². The molecule has 2 aliphatic heterocycles. The number of ether oxygens (including phenoxy) is 2. The first-order valence-electron chi connectivity index (χ1n) is 14.1. The number of carbonyl (C=O) groups is 3. The molecule has 44 heavy (non-hydrogen) atoms. The van der Waals surface area contributed by atoms with E-state index in [1.807, 2.05) is 13.0 Å². The number of pyridine rings is 1. The van der Waals surface area contributed by atoms with E-state index in [2.05, 4.69) is 15.6 Å². The molecular formula is C32H31ClF2N4O5. The molecule has 12 heteroatoms. The quantitative estimate of drug-likeness (QED) is 0.312. The number of hydrogen-bond acceptors (Lipinski definition) is 6. The second kappa shape index (κ2) is 13.4. The van der Waals surface area contributed by atoms with E-state index in [1.165, 1.54) is 25.3 Å². The molecule has 1 aromatic heterocycles. The monoisotopic (exact) mass is 624 g/mol. The Labute approximate surface area is 258 Å². The summed E-state index contributed by atoms with van der Waals surface area (Å²) in [5.74, 6) is -1.68. The van der Waals surface area contributed by atoms with E-state index < -0.39 is 24.8 Å². The molecule has 3 heterocycles. The molecule has 0 aliphatic carbocycles. The molecule has 9 nitrogen and oxygen atoms in total. The predicted octanol–water partition coefficient (Wildman–Crippen LogP) is 7.14. The maximum atomic E-state index is 15.1. The predicted molar refractivity (Wildman–Crippen MR) is 162 cm³/mol. The fraction of sp³-hybridized carbons (Fsp3) is 0.312. The van der Waals surface area contributed by atoms with Gasteiger partial charge in [-0.2, -0.15) is 0 Å². The Morgan fingerprint density at radius 2 is 2.00 bits per heavy atom. The van der Waals surface area contributed by atoms with Crippen molar-refractivity contribution in [1.29, 1.82) is 0 Å². The minimum absolute atomic E-state index is 0.0283. The van der Waals surface area contributed by atoms with E-state index in [0.717, 1.165) is 5.56 Å². The zero-order valence-corrected chi connectivity index (χ0v) is 24.9. The minimum Gasteiger partial charge on any atom is -0.462 e. The lowest BCUT2D eigenvalue weighted by molar-refractivity contribution is -0.129. The van der Waals surface area contributed by atoms with E-state index >= 15 is 4.39 Å². The van der Waals surface area contributed by atoms with Crippen molar-refractivity contribution < 1.29 is 32.6 Å². The van der Waals surface area contributed by atoms with Crippen LogP contribution in [0.15, 0.2) is 54.7 Å². The summed E-state index contributed by atoms with van der Waals surface area (Å²) >= 11 is 6.00. The third-order valence-electron chi connectivity index (χ3n) is 7.87. The molecular weight excluding hydrogens is 594 g/mol. The van der Waals surface area contributed by atoms with Gasteiger partial charge < -0.3 is 19.7 Å². The number of fused-ring (bicyclic) bond motifs is 4. The maximum absolute atomic E-state index is 15.1. The van der Waals surface area contributed by atoms with Crippen LogP contribution in [0.2, 0.25) is 5.02 Å². The number of rotatable bonds is 5. The first-order chi connectivity index (χ1) is 21.2. The first-order valence-corrected chi connectivity index (χ1v) is 14.5. The molecule has 2 atom stereocenters. The van der Waals surface area contributed by atoms with Crippen LogP contribution in [0.1, 0.15) is 49.9 Å². The van der Waals surface area contributed by atoms with Crippen LogP contribution in [0.3, 0.4) is 0 Å². The summed E-state index contributed by atoms with van der Waals surface area (Å²) in [7, 11) is 1.26. The van der Waals surface area contributed by atoms with E-state index in [0.29, 0.717) is 47.5 Å². The summed E-state index contributed by atoms with van der Waals surface area (Å²) in [6, 6.07) is 11.1. The number of alkyl halides is 1. The van der Waals surface area contributed by atoms with Crippen LogP contribution in [-0.4, -0.2) is 48.3 Å². The highest BCUT2D eigenvalue weighted by molar-refractivity contribution is 6.31. The van der Waals surface area contributed by atoms with Gasteiger partial charge in [-0.1, -0.05) is 31.0 Å². The van der Waals surface area contributed by atoms with Crippen molar-refractivity contribution in [3.05, 3.63) is 76.8 Å². The summed E-state index contributed by atoms with van der Waals surface area (Å²) in [6.45, 7) is 0.924. The molecule has 2 aliphatic rings. The van der Waals surface area contributed by atoms with E-state index in [-0.39, 0.29) is 47.0 Å². The summed E-state index contributed by atoms with van der Waals surface area (Å²) < 4.78 is 37.8. The van der Waals surface area contributed by atoms with Crippen LogP contribution >= 0.6 is 11.6 Å². The fourth-order valence-electron chi connectivity index (χ4n) is 5.58. The molecule has 2 bridgehead atoms. The minimum atomic E-state index is -1.16. The Morgan fingerprint density at radius 1 is 1.18 bits per heavy atom. The van der Waals surface area contributed by atoms with Gasteiger partial charge in [-0.05, 0) is 66.8 Å². The summed E-state index contributed by atoms with van der Waals surface area (Å²) in [5.41, 5.74) is 3.39. The summed E-state index contributed by atoms with van der Waals surface area (Å²) in [6.07, 6.45) is 4.34. The molecule has 0 saturated carbocycles. The Balaban J connectivity index is 1.52. The topological polar surface area (TPSA) is 110 Å². The third kappa shape index (κ3) is 6.52. The highest BCUT2D eigenvalue weighted by Crippen LogP contribution is 2.40. The highest BCUT2D eigenvalue weighted by atomic mass is 35.5. The van der Waals surface area contributed by atoms with Crippen molar-refractivity contribution in [1.82, 2.24) is 9.88 Å². The van der Waals surface area contributed by atoms with Crippen LogP contribution in [0, 0.1) is 11.7 Å². The molecule has 0 unspecified atom stereocenters. The second-order valence-corrected chi connectivity index (χ2v) is 11.0. The standard InChI is InChI=1S/C32H31ClF2N4O5/c1-18-4-3-5-26(39-13-11-20(15-28(39)40)29-27(44-17-34)9-8-23(33)30(29)35)25-14-19(10-12-36-25)22-7-6-21(37-32(42)43-2)16-24(22)38-31(18)41/h6-10,12,14-16,18,26H,3-5,11,13,17H2,1-2H3,(H,37,42)(H,38,41)/t18-,26+/m1/s1. The number of benzene rings is 2. The van der Waals surface area contributed by atoms with Crippen LogP contribution in [0.4, 0.5) is 25.0 Å². The van der Waals surface area contributed by atoms with Gasteiger partial charge in [0.05, 0.1) is 35.1 Å². The molecule has 0 saturated heterocycles. The van der Waals surface area contributed by atoms with Crippen LogP contribution in [0.25, 0.3) is 16.7 Å². The van der Waals surface area contributed by atoms with Gasteiger partial charge in [-0.3, -0.25) is 19.9 Å². The molecule has 2 aromatic carbocycles. The number of carbonyl (C=O) groups excluding carboxylic acids is 3. The van der Waals surface area contributed by atoms with Gasteiger partial charge in [0, 0.05) is 36.0 Å². The molecule has 3 aromatic rings. The fourth-order valence-corrected chi connectivity index (χ4v) is 5.74. The van der Waals surface area contributed by atoms with Crippen molar-refractivity contribution in [3.63, 3.8) is 0 Å². The molecule has 0 spiro atoms. The van der Waals surface area contributed by atoms with Gasteiger partial charge in [0.15, 0.2) is 5.82 Å². The average molecular weight is 625 g/mol. The molecule has 2 N–H and O–H groups in total. The number of aromatic nitrogens is 1. The van der Waals surface area contributed by atoms with Crippen LogP contribution in [0.5, 0.6) is 5.75 Å². The number of amides is 3.